The molecule has 1 saturated carbocycles. The number of halogens is 1. The van der Waals surface area contributed by atoms with Crippen LogP contribution >= 0.6 is 11.6 Å². The average Bonchev–Trinajstić information content (AvgIpc) is 3.07. The Morgan fingerprint density at radius 1 is 1.41 bits per heavy atom. The molecule has 2 rings (SSSR count). The third-order valence-electron chi connectivity index (χ3n) is 3.87. The van der Waals surface area contributed by atoms with Crippen LogP contribution in [0.2, 0.25) is 5.02 Å². The standard InChI is InChI=1S/C15H22ClN/c1-3-7-15(8-9-15)11-17-12(2)13-5-4-6-14(16)10-13/h4-6,10,12,17H,3,7-9,11H2,1-2H3. The van der Waals surface area contributed by atoms with Crippen LogP contribution in [0.1, 0.15) is 51.1 Å². The van der Waals surface area contributed by atoms with Gasteiger partial charge in [0.05, 0.1) is 0 Å². The van der Waals surface area contributed by atoms with E-state index in [-0.39, 0.29) is 0 Å². The van der Waals surface area contributed by atoms with E-state index in [0.29, 0.717) is 11.5 Å². The molecule has 1 aromatic carbocycles. The Kier molecular flexibility index (Phi) is 4.11. The minimum Gasteiger partial charge on any atom is -0.310 e. The predicted octanol–water partition coefficient (Wildman–Crippen LogP) is 4.57. The van der Waals surface area contributed by atoms with E-state index >= 15 is 0 Å². The second kappa shape index (κ2) is 5.41. The van der Waals surface area contributed by atoms with Crippen LogP contribution < -0.4 is 5.32 Å². The maximum absolute atomic E-state index is 6.01. The van der Waals surface area contributed by atoms with Gasteiger partial charge in [-0.15, -0.1) is 0 Å². The molecule has 1 fully saturated rings. The molecule has 0 radical (unpaired) electrons. The molecule has 0 aromatic heterocycles. The van der Waals surface area contributed by atoms with E-state index in [1.165, 1.54) is 31.2 Å². The molecule has 2 heteroatoms. The predicted molar refractivity (Wildman–Crippen MR) is 74.4 cm³/mol. The zero-order valence-corrected chi connectivity index (χ0v) is 11.6. The van der Waals surface area contributed by atoms with Gasteiger partial charge in [0.2, 0.25) is 0 Å². The highest BCUT2D eigenvalue weighted by Crippen LogP contribution is 2.49. The largest absolute Gasteiger partial charge is 0.310 e. The summed E-state index contributed by atoms with van der Waals surface area (Å²) in [6.07, 6.45) is 5.46. The molecule has 0 saturated heterocycles. The van der Waals surface area contributed by atoms with Gasteiger partial charge in [0, 0.05) is 17.6 Å². The van der Waals surface area contributed by atoms with Gasteiger partial charge >= 0.3 is 0 Å². The first-order valence-electron chi connectivity index (χ1n) is 6.64. The van der Waals surface area contributed by atoms with Crippen molar-refractivity contribution in [2.24, 2.45) is 5.41 Å². The molecule has 1 aromatic rings. The summed E-state index contributed by atoms with van der Waals surface area (Å²) in [5.41, 5.74) is 1.89. The Morgan fingerprint density at radius 2 is 2.18 bits per heavy atom. The molecule has 17 heavy (non-hydrogen) atoms. The van der Waals surface area contributed by atoms with Gasteiger partial charge < -0.3 is 5.32 Å². The smallest absolute Gasteiger partial charge is 0.0409 e. The van der Waals surface area contributed by atoms with Gasteiger partial charge in [-0.3, -0.25) is 0 Å². The topological polar surface area (TPSA) is 12.0 Å². The van der Waals surface area contributed by atoms with Crippen LogP contribution in [0.15, 0.2) is 24.3 Å². The van der Waals surface area contributed by atoms with Crippen LogP contribution in [0, 0.1) is 5.41 Å². The second-order valence-corrected chi connectivity index (χ2v) is 5.84. The Hall–Kier alpha value is -0.530. The van der Waals surface area contributed by atoms with Crippen molar-refractivity contribution >= 4 is 11.6 Å². The second-order valence-electron chi connectivity index (χ2n) is 5.41. The van der Waals surface area contributed by atoms with E-state index in [1.54, 1.807) is 0 Å². The van der Waals surface area contributed by atoms with E-state index in [9.17, 15) is 0 Å². The van der Waals surface area contributed by atoms with E-state index in [2.05, 4.69) is 31.3 Å². The summed E-state index contributed by atoms with van der Waals surface area (Å²) in [6.45, 7) is 5.64. The monoisotopic (exact) mass is 251 g/mol. The molecule has 1 aliphatic rings. The summed E-state index contributed by atoms with van der Waals surface area (Å²) < 4.78 is 0. The van der Waals surface area contributed by atoms with E-state index in [1.807, 2.05) is 12.1 Å². The van der Waals surface area contributed by atoms with Crippen LogP contribution in [0.4, 0.5) is 0 Å². The Labute approximate surface area is 110 Å². The number of benzene rings is 1. The molecule has 1 N–H and O–H groups in total. The fourth-order valence-electron chi connectivity index (χ4n) is 2.49. The average molecular weight is 252 g/mol. The van der Waals surface area contributed by atoms with Gasteiger partial charge in [-0.2, -0.15) is 0 Å². The molecule has 1 unspecified atom stereocenters. The molecule has 1 nitrogen and oxygen atoms in total. The van der Waals surface area contributed by atoms with Crippen molar-refractivity contribution in [1.29, 1.82) is 0 Å². The van der Waals surface area contributed by atoms with Crippen LogP contribution in [0.5, 0.6) is 0 Å². The minimum absolute atomic E-state index is 0.392. The molecule has 0 heterocycles. The summed E-state index contributed by atoms with van der Waals surface area (Å²) in [6, 6.07) is 8.54. The van der Waals surface area contributed by atoms with E-state index < -0.39 is 0 Å². The fourth-order valence-corrected chi connectivity index (χ4v) is 2.68. The quantitative estimate of drug-likeness (QED) is 0.781. The molecular formula is C15H22ClN. The molecular weight excluding hydrogens is 230 g/mol. The first kappa shape index (κ1) is 12.9. The number of nitrogens with one attached hydrogen (secondary N) is 1. The zero-order chi connectivity index (χ0) is 12.3. The fraction of sp³-hybridized carbons (Fsp3) is 0.600. The molecule has 94 valence electrons. The third-order valence-corrected chi connectivity index (χ3v) is 4.10. The lowest BCUT2D eigenvalue weighted by Gasteiger charge is -2.20. The Balaban J connectivity index is 1.87. The van der Waals surface area contributed by atoms with Crippen molar-refractivity contribution in [1.82, 2.24) is 5.32 Å². The van der Waals surface area contributed by atoms with Crippen LogP contribution in [-0.2, 0) is 0 Å². The molecule has 1 aliphatic carbocycles. The molecule has 0 spiro atoms. The van der Waals surface area contributed by atoms with Gasteiger partial charge in [0.1, 0.15) is 0 Å². The normalized spacial score (nSPS) is 19.0. The number of hydrogen-bond donors (Lipinski definition) is 1. The SMILES string of the molecule is CCCC1(CNC(C)c2cccc(Cl)c2)CC1. The Morgan fingerprint density at radius 3 is 2.76 bits per heavy atom. The summed E-state index contributed by atoms with van der Waals surface area (Å²) in [4.78, 5) is 0. The van der Waals surface area contributed by atoms with Crippen molar-refractivity contribution in [2.45, 2.75) is 45.6 Å². The molecule has 0 bridgehead atoms. The first-order chi connectivity index (χ1) is 8.15. The van der Waals surface area contributed by atoms with Crippen molar-refractivity contribution in [3.8, 4) is 0 Å². The summed E-state index contributed by atoms with van der Waals surface area (Å²) in [7, 11) is 0. The van der Waals surface area contributed by atoms with E-state index in [0.717, 1.165) is 11.6 Å². The summed E-state index contributed by atoms with van der Waals surface area (Å²) in [5.74, 6) is 0. The summed E-state index contributed by atoms with van der Waals surface area (Å²) in [5, 5.41) is 4.48. The summed E-state index contributed by atoms with van der Waals surface area (Å²) >= 11 is 6.01. The number of hydrogen-bond acceptors (Lipinski definition) is 1. The zero-order valence-electron chi connectivity index (χ0n) is 10.8. The Bertz CT molecular complexity index is 371. The van der Waals surface area contributed by atoms with Gasteiger partial charge in [0.25, 0.3) is 0 Å². The van der Waals surface area contributed by atoms with Gasteiger partial charge in [-0.05, 0) is 49.3 Å². The van der Waals surface area contributed by atoms with Crippen molar-refractivity contribution in [3.63, 3.8) is 0 Å². The highest BCUT2D eigenvalue weighted by molar-refractivity contribution is 6.30. The van der Waals surface area contributed by atoms with E-state index in [4.69, 9.17) is 11.6 Å². The lowest BCUT2D eigenvalue weighted by atomic mass is 9.99. The maximum atomic E-state index is 6.01. The molecule has 1 atom stereocenters. The first-order valence-corrected chi connectivity index (χ1v) is 7.02. The molecule has 0 aliphatic heterocycles. The van der Waals surface area contributed by atoms with Crippen molar-refractivity contribution < 1.29 is 0 Å². The molecule has 0 amide bonds. The highest BCUT2D eigenvalue weighted by atomic mass is 35.5. The number of rotatable bonds is 6. The maximum Gasteiger partial charge on any atom is 0.0409 e. The third kappa shape index (κ3) is 3.46. The van der Waals surface area contributed by atoms with Crippen LogP contribution in [0.25, 0.3) is 0 Å². The van der Waals surface area contributed by atoms with Crippen molar-refractivity contribution in [2.75, 3.05) is 6.54 Å². The van der Waals surface area contributed by atoms with Gasteiger partial charge in [0.15, 0.2) is 0 Å². The van der Waals surface area contributed by atoms with Gasteiger partial charge in [-0.25, -0.2) is 0 Å². The lowest BCUT2D eigenvalue weighted by Crippen LogP contribution is -2.26. The van der Waals surface area contributed by atoms with Crippen molar-refractivity contribution in [3.05, 3.63) is 34.9 Å². The lowest BCUT2D eigenvalue weighted by molar-refractivity contribution is 0.397. The van der Waals surface area contributed by atoms with Crippen LogP contribution in [0.3, 0.4) is 0 Å². The van der Waals surface area contributed by atoms with Gasteiger partial charge in [-0.1, -0.05) is 37.1 Å². The minimum atomic E-state index is 0.392. The highest BCUT2D eigenvalue weighted by Gasteiger charge is 2.41. The van der Waals surface area contributed by atoms with Crippen LogP contribution in [-0.4, -0.2) is 6.54 Å².